The fourth-order valence-corrected chi connectivity index (χ4v) is 2.89. The first-order valence-electron chi connectivity index (χ1n) is 8.63. The van der Waals surface area contributed by atoms with Crippen molar-refractivity contribution in [3.8, 4) is 0 Å². The number of rotatable bonds is 6. The molecule has 0 atom stereocenters. The van der Waals surface area contributed by atoms with E-state index < -0.39 is 0 Å². The van der Waals surface area contributed by atoms with E-state index >= 15 is 0 Å². The number of carbonyl (C=O) groups excluding carboxylic acids is 1. The molecule has 0 unspecified atom stereocenters. The topological polar surface area (TPSA) is 76.0 Å². The molecule has 0 aliphatic carbocycles. The lowest BCUT2D eigenvalue weighted by Gasteiger charge is -2.10. The quantitative estimate of drug-likeness (QED) is 0.715. The van der Waals surface area contributed by atoms with Crippen molar-refractivity contribution < 1.29 is 4.79 Å². The summed E-state index contributed by atoms with van der Waals surface area (Å²) in [6, 6.07) is 15.0. The Bertz CT molecular complexity index is 995. The van der Waals surface area contributed by atoms with E-state index in [4.69, 9.17) is 0 Å². The van der Waals surface area contributed by atoms with Gasteiger partial charge in [-0.25, -0.2) is 4.68 Å². The minimum Gasteiger partial charge on any atom is -0.326 e. The fraction of sp³-hybridized carbons (Fsp3) is 0.250. The number of amides is 1. The van der Waals surface area contributed by atoms with Crippen LogP contribution in [0.5, 0.6) is 0 Å². The average molecular weight is 350 g/mol. The molecule has 0 saturated heterocycles. The van der Waals surface area contributed by atoms with Crippen molar-refractivity contribution in [2.75, 3.05) is 11.9 Å². The maximum atomic E-state index is 12.5. The number of benzene rings is 2. The molecule has 0 radical (unpaired) electrons. The van der Waals surface area contributed by atoms with Gasteiger partial charge in [-0.2, -0.15) is 5.10 Å². The molecule has 1 heterocycles. The van der Waals surface area contributed by atoms with Crippen molar-refractivity contribution in [2.24, 2.45) is 7.05 Å². The third-order valence-electron chi connectivity index (χ3n) is 4.15. The van der Waals surface area contributed by atoms with E-state index in [1.54, 1.807) is 13.1 Å². The third-order valence-corrected chi connectivity index (χ3v) is 4.15. The lowest BCUT2D eigenvalue weighted by molar-refractivity contribution is -0.115. The van der Waals surface area contributed by atoms with Gasteiger partial charge in [0, 0.05) is 24.7 Å². The predicted octanol–water partition coefficient (Wildman–Crippen LogP) is 2.22. The molecule has 0 aliphatic rings. The Kier molecular flexibility index (Phi) is 5.43. The molecule has 6 heteroatoms. The number of nitrogens with one attached hydrogen (secondary N) is 2. The molecular weight excluding hydrogens is 328 g/mol. The molecule has 3 aromatic rings. The van der Waals surface area contributed by atoms with Crippen LogP contribution in [0, 0.1) is 0 Å². The fourth-order valence-electron chi connectivity index (χ4n) is 2.89. The van der Waals surface area contributed by atoms with Crippen LogP contribution in [0.2, 0.25) is 0 Å². The standard InChI is InChI=1S/C20H22N4O2/c1-3-21-13-14-7-6-8-15(11-14)22-19(25)12-18-16-9-4-5-10-17(16)20(26)24(2)23-18/h4-11,21H,3,12-13H2,1-2H3,(H,22,25). The molecule has 0 bridgehead atoms. The Labute approximate surface area is 151 Å². The molecule has 3 rings (SSSR count). The minimum absolute atomic E-state index is 0.103. The summed E-state index contributed by atoms with van der Waals surface area (Å²) in [6.45, 7) is 3.70. The molecule has 2 aromatic carbocycles. The molecule has 0 saturated carbocycles. The van der Waals surface area contributed by atoms with E-state index in [2.05, 4.69) is 22.7 Å². The number of hydrogen-bond donors (Lipinski definition) is 2. The van der Waals surface area contributed by atoms with E-state index in [1.807, 2.05) is 42.5 Å². The number of aromatic nitrogens is 2. The van der Waals surface area contributed by atoms with Crippen LogP contribution < -0.4 is 16.2 Å². The summed E-state index contributed by atoms with van der Waals surface area (Å²) in [4.78, 5) is 24.7. The van der Waals surface area contributed by atoms with Crippen LogP contribution in [0.15, 0.2) is 53.3 Å². The molecule has 6 nitrogen and oxygen atoms in total. The molecule has 2 N–H and O–H groups in total. The average Bonchev–Trinajstić information content (AvgIpc) is 2.64. The first-order valence-corrected chi connectivity index (χ1v) is 8.63. The maximum Gasteiger partial charge on any atom is 0.274 e. The van der Waals surface area contributed by atoms with Gasteiger partial charge in [0.15, 0.2) is 0 Å². The maximum absolute atomic E-state index is 12.5. The number of fused-ring (bicyclic) bond motifs is 1. The Balaban J connectivity index is 1.80. The predicted molar refractivity (Wildman–Crippen MR) is 103 cm³/mol. The molecule has 1 aromatic heterocycles. The summed E-state index contributed by atoms with van der Waals surface area (Å²) in [6.07, 6.45) is 0.103. The Morgan fingerprint density at radius 3 is 2.65 bits per heavy atom. The van der Waals surface area contributed by atoms with Crippen LogP contribution in [0.1, 0.15) is 18.2 Å². The first-order chi connectivity index (χ1) is 12.6. The zero-order valence-corrected chi connectivity index (χ0v) is 15.0. The lowest BCUT2D eigenvalue weighted by Crippen LogP contribution is -2.24. The van der Waals surface area contributed by atoms with Crippen LogP contribution >= 0.6 is 0 Å². The van der Waals surface area contributed by atoms with E-state index in [0.717, 1.165) is 24.3 Å². The van der Waals surface area contributed by atoms with Crippen LogP contribution in [0.25, 0.3) is 10.8 Å². The van der Waals surface area contributed by atoms with Gasteiger partial charge in [-0.15, -0.1) is 0 Å². The van der Waals surface area contributed by atoms with Crippen molar-refractivity contribution in [3.63, 3.8) is 0 Å². The highest BCUT2D eigenvalue weighted by molar-refractivity contribution is 5.95. The number of carbonyl (C=O) groups is 1. The number of nitrogens with zero attached hydrogens (tertiary/aromatic N) is 2. The highest BCUT2D eigenvalue weighted by Gasteiger charge is 2.12. The number of aryl methyl sites for hydroxylation is 1. The van der Waals surface area contributed by atoms with Crippen molar-refractivity contribution in [1.82, 2.24) is 15.1 Å². The van der Waals surface area contributed by atoms with E-state index in [9.17, 15) is 9.59 Å². The van der Waals surface area contributed by atoms with Gasteiger partial charge in [0.1, 0.15) is 0 Å². The van der Waals surface area contributed by atoms with Crippen LogP contribution in [0.4, 0.5) is 5.69 Å². The Morgan fingerprint density at radius 2 is 1.88 bits per heavy atom. The van der Waals surface area contributed by atoms with Gasteiger partial charge in [0.05, 0.1) is 17.5 Å². The molecule has 134 valence electrons. The zero-order chi connectivity index (χ0) is 18.5. The normalized spacial score (nSPS) is 10.8. The highest BCUT2D eigenvalue weighted by atomic mass is 16.1. The smallest absolute Gasteiger partial charge is 0.274 e. The van der Waals surface area contributed by atoms with Crippen molar-refractivity contribution >= 4 is 22.4 Å². The third kappa shape index (κ3) is 3.97. The van der Waals surface area contributed by atoms with Gasteiger partial charge in [0.2, 0.25) is 5.91 Å². The van der Waals surface area contributed by atoms with Gasteiger partial charge in [0.25, 0.3) is 5.56 Å². The van der Waals surface area contributed by atoms with Crippen LogP contribution in [-0.2, 0) is 24.8 Å². The Hall–Kier alpha value is -2.99. The van der Waals surface area contributed by atoms with Gasteiger partial charge >= 0.3 is 0 Å². The minimum atomic E-state index is -0.166. The molecule has 26 heavy (non-hydrogen) atoms. The van der Waals surface area contributed by atoms with Gasteiger partial charge in [-0.3, -0.25) is 9.59 Å². The van der Waals surface area contributed by atoms with Crippen molar-refractivity contribution in [1.29, 1.82) is 0 Å². The van der Waals surface area contributed by atoms with Crippen molar-refractivity contribution in [3.05, 3.63) is 70.1 Å². The second kappa shape index (κ2) is 7.93. The molecule has 0 spiro atoms. The van der Waals surface area contributed by atoms with Gasteiger partial charge < -0.3 is 10.6 Å². The summed E-state index contributed by atoms with van der Waals surface area (Å²) < 4.78 is 1.28. The number of hydrogen-bond acceptors (Lipinski definition) is 4. The van der Waals surface area contributed by atoms with E-state index in [0.29, 0.717) is 16.5 Å². The second-order valence-corrected chi connectivity index (χ2v) is 6.13. The summed E-state index contributed by atoms with van der Waals surface area (Å²) in [7, 11) is 1.60. The largest absolute Gasteiger partial charge is 0.326 e. The lowest BCUT2D eigenvalue weighted by atomic mass is 10.1. The van der Waals surface area contributed by atoms with Gasteiger partial charge in [-0.05, 0) is 30.3 Å². The van der Waals surface area contributed by atoms with Gasteiger partial charge in [-0.1, -0.05) is 37.3 Å². The zero-order valence-electron chi connectivity index (χ0n) is 15.0. The summed E-state index contributed by atoms with van der Waals surface area (Å²) in [5.74, 6) is -0.165. The van der Waals surface area contributed by atoms with Crippen molar-refractivity contribution in [2.45, 2.75) is 19.9 Å². The molecule has 1 amide bonds. The SMILES string of the molecule is CCNCc1cccc(NC(=O)Cc2nn(C)c(=O)c3ccccc23)c1. The second-order valence-electron chi connectivity index (χ2n) is 6.13. The summed E-state index contributed by atoms with van der Waals surface area (Å²) in [5.41, 5.74) is 2.28. The molecule has 0 aliphatic heterocycles. The van der Waals surface area contributed by atoms with E-state index in [-0.39, 0.29) is 17.9 Å². The Morgan fingerprint density at radius 1 is 1.12 bits per heavy atom. The summed E-state index contributed by atoms with van der Waals surface area (Å²) >= 11 is 0. The van der Waals surface area contributed by atoms with Crippen LogP contribution in [-0.4, -0.2) is 22.2 Å². The monoisotopic (exact) mass is 350 g/mol. The molecule has 0 fully saturated rings. The summed E-state index contributed by atoms with van der Waals surface area (Å²) in [5, 5.41) is 11.7. The number of anilines is 1. The molecular formula is C20H22N4O2. The van der Waals surface area contributed by atoms with E-state index in [1.165, 1.54) is 4.68 Å². The van der Waals surface area contributed by atoms with Crippen LogP contribution in [0.3, 0.4) is 0 Å². The highest BCUT2D eigenvalue weighted by Crippen LogP contribution is 2.15. The first kappa shape index (κ1) is 17.8.